The van der Waals surface area contributed by atoms with Gasteiger partial charge in [-0.1, -0.05) is 152 Å². The van der Waals surface area contributed by atoms with E-state index in [0.717, 1.165) is 93.9 Å². The van der Waals surface area contributed by atoms with Crippen LogP contribution in [0, 0.1) is 0 Å². The van der Waals surface area contributed by atoms with Crippen molar-refractivity contribution in [3.8, 4) is 67.5 Å². The maximum absolute atomic E-state index is 6.63. The first-order valence-electron chi connectivity index (χ1n) is 18.7. The van der Waals surface area contributed by atoms with Crippen molar-refractivity contribution in [2.75, 3.05) is 0 Å². The number of nitrogens with zero attached hydrogens (tertiary/aromatic N) is 3. The summed E-state index contributed by atoms with van der Waals surface area (Å²) in [7, 11) is 0. The van der Waals surface area contributed by atoms with Gasteiger partial charge in [-0.15, -0.1) is 0 Å². The van der Waals surface area contributed by atoms with Gasteiger partial charge in [-0.3, -0.25) is 0 Å². The lowest BCUT2D eigenvalue weighted by Crippen LogP contribution is -2.00. The van der Waals surface area contributed by atoms with Crippen molar-refractivity contribution in [2.24, 2.45) is 0 Å². The van der Waals surface area contributed by atoms with Crippen LogP contribution in [0.15, 0.2) is 197 Å². The van der Waals surface area contributed by atoms with Crippen molar-refractivity contribution in [1.29, 1.82) is 0 Å². The minimum Gasteiger partial charge on any atom is -0.456 e. The van der Waals surface area contributed by atoms with Crippen LogP contribution in [0.4, 0.5) is 0 Å². The molecule has 0 fully saturated rings. The predicted octanol–water partition coefficient (Wildman–Crippen LogP) is 13.7. The Balaban J connectivity index is 1.05. The molecule has 0 N–H and O–H groups in total. The highest BCUT2D eigenvalue weighted by atomic mass is 16.3. The number of furan rings is 2. The van der Waals surface area contributed by atoms with Crippen LogP contribution in [-0.4, -0.2) is 15.0 Å². The first-order valence-corrected chi connectivity index (χ1v) is 18.7. The zero-order valence-electron chi connectivity index (χ0n) is 30.1. The summed E-state index contributed by atoms with van der Waals surface area (Å²) in [6.45, 7) is 0. The molecule has 0 aliphatic heterocycles. The molecule has 0 amide bonds. The van der Waals surface area contributed by atoms with E-state index in [1.54, 1.807) is 0 Å². The van der Waals surface area contributed by atoms with Gasteiger partial charge in [-0.25, -0.2) is 15.0 Å². The molecule has 0 bridgehead atoms. The van der Waals surface area contributed by atoms with Crippen LogP contribution in [0.1, 0.15) is 0 Å². The molecule has 3 aromatic heterocycles. The van der Waals surface area contributed by atoms with Gasteiger partial charge in [-0.2, -0.15) is 0 Å². The maximum atomic E-state index is 6.63. The number of fused-ring (bicyclic) bond motifs is 6. The Morgan fingerprint density at radius 1 is 0.268 bits per heavy atom. The van der Waals surface area contributed by atoms with E-state index < -0.39 is 0 Å². The fourth-order valence-electron chi connectivity index (χ4n) is 7.94. The van der Waals surface area contributed by atoms with Crippen molar-refractivity contribution in [3.63, 3.8) is 0 Å². The number of benzene rings is 8. The molecule has 0 unspecified atom stereocenters. The summed E-state index contributed by atoms with van der Waals surface area (Å²) in [5, 5.41) is 4.28. The average Bonchev–Trinajstić information content (AvgIpc) is 3.85. The third-order valence-electron chi connectivity index (χ3n) is 10.6. The van der Waals surface area contributed by atoms with Crippen molar-refractivity contribution < 1.29 is 8.83 Å². The SMILES string of the molecule is c1ccc(-c2ccc3c(c2)oc2cccc(-c4ccccc4-c4cccc5oc6cc(-c7nc(-c8ccccc8)nc(-c8ccccc8)n7)ccc6c45)c23)cc1. The monoisotopic (exact) mass is 717 g/mol. The summed E-state index contributed by atoms with van der Waals surface area (Å²) in [5.74, 6) is 1.83. The predicted molar refractivity (Wildman–Crippen MR) is 227 cm³/mol. The molecule has 0 saturated carbocycles. The summed E-state index contributed by atoms with van der Waals surface area (Å²) in [5.41, 5.74) is 12.8. The van der Waals surface area contributed by atoms with Gasteiger partial charge < -0.3 is 8.83 Å². The van der Waals surface area contributed by atoms with Crippen LogP contribution in [0.2, 0.25) is 0 Å². The highest BCUT2D eigenvalue weighted by molar-refractivity contribution is 6.17. The van der Waals surface area contributed by atoms with Crippen molar-refractivity contribution in [1.82, 2.24) is 15.0 Å². The molecule has 0 radical (unpaired) electrons. The molecule has 56 heavy (non-hydrogen) atoms. The van der Waals surface area contributed by atoms with Gasteiger partial charge >= 0.3 is 0 Å². The largest absolute Gasteiger partial charge is 0.456 e. The molecule has 0 aliphatic rings. The summed E-state index contributed by atoms with van der Waals surface area (Å²) in [4.78, 5) is 14.8. The number of hydrogen-bond donors (Lipinski definition) is 0. The molecular formula is C51H31N3O2. The first-order chi connectivity index (χ1) is 27.7. The second-order valence-corrected chi connectivity index (χ2v) is 13.9. The molecule has 262 valence electrons. The Morgan fingerprint density at radius 2 is 0.661 bits per heavy atom. The van der Waals surface area contributed by atoms with Crippen LogP contribution in [0.25, 0.3) is 111 Å². The third-order valence-corrected chi connectivity index (χ3v) is 10.6. The van der Waals surface area contributed by atoms with Crippen molar-refractivity contribution >= 4 is 43.9 Å². The fourth-order valence-corrected chi connectivity index (χ4v) is 7.94. The average molecular weight is 718 g/mol. The van der Waals surface area contributed by atoms with E-state index in [1.165, 1.54) is 0 Å². The molecule has 0 aliphatic carbocycles. The van der Waals surface area contributed by atoms with E-state index in [1.807, 2.05) is 78.9 Å². The molecule has 0 saturated heterocycles. The van der Waals surface area contributed by atoms with Gasteiger partial charge in [0.15, 0.2) is 17.5 Å². The molecule has 11 rings (SSSR count). The van der Waals surface area contributed by atoms with Crippen LogP contribution in [-0.2, 0) is 0 Å². The van der Waals surface area contributed by atoms with E-state index >= 15 is 0 Å². The van der Waals surface area contributed by atoms with Crippen LogP contribution in [0.5, 0.6) is 0 Å². The maximum Gasteiger partial charge on any atom is 0.164 e. The zero-order valence-corrected chi connectivity index (χ0v) is 30.1. The second kappa shape index (κ2) is 13.0. The molecule has 3 heterocycles. The standard InChI is InChI=1S/C51H31N3O2/c1-4-14-32(15-5-1)35-26-28-41-45(30-35)55-43-24-12-22-39(47(41)43)37-20-10-11-21-38(37)40-23-13-25-44-48(40)42-29-27-36(31-46(42)56-44)51-53-49(33-16-6-2-7-17-33)52-50(54-51)34-18-8-3-9-19-34/h1-31H. The third kappa shape index (κ3) is 5.37. The molecular weight excluding hydrogens is 687 g/mol. The molecule has 5 heteroatoms. The minimum atomic E-state index is 0.585. The highest BCUT2D eigenvalue weighted by Crippen LogP contribution is 2.45. The summed E-state index contributed by atoms with van der Waals surface area (Å²) in [6.07, 6.45) is 0. The Bertz CT molecular complexity index is 3180. The lowest BCUT2D eigenvalue weighted by atomic mass is 9.90. The molecule has 0 spiro atoms. The van der Waals surface area contributed by atoms with Gasteiger partial charge in [0.25, 0.3) is 0 Å². The quantitative estimate of drug-likeness (QED) is 0.171. The number of rotatable bonds is 6. The molecule has 8 aromatic carbocycles. The Kier molecular flexibility index (Phi) is 7.42. The summed E-state index contributed by atoms with van der Waals surface area (Å²) < 4.78 is 13.2. The number of hydrogen-bond acceptors (Lipinski definition) is 5. The first kappa shape index (κ1) is 31.9. The summed E-state index contributed by atoms with van der Waals surface area (Å²) in [6, 6.07) is 64.5. The van der Waals surface area contributed by atoms with E-state index in [9.17, 15) is 0 Å². The minimum absolute atomic E-state index is 0.585. The van der Waals surface area contributed by atoms with Gasteiger partial charge in [-0.05, 0) is 69.8 Å². The fraction of sp³-hybridized carbons (Fsp3) is 0. The Labute approximate surface area is 322 Å². The van der Waals surface area contributed by atoms with Gasteiger partial charge in [0.05, 0.1) is 0 Å². The lowest BCUT2D eigenvalue weighted by Gasteiger charge is -2.12. The van der Waals surface area contributed by atoms with Crippen LogP contribution >= 0.6 is 0 Å². The van der Waals surface area contributed by atoms with Crippen LogP contribution < -0.4 is 0 Å². The normalized spacial score (nSPS) is 11.6. The lowest BCUT2D eigenvalue weighted by molar-refractivity contribution is 0.668. The number of aromatic nitrogens is 3. The zero-order chi connectivity index (χ0) is 37.0. The van der Waals surface area contributed by atoms with Crippen LogP contribution in [0.3, 0.4) is 0 Å². The topological polar surface area (TPSA) is 65.0 Å². The molecule has 5 nitrogen and oxygen atoms in total. The molecule has 11 aromatic rings. The smallest absolute Gasteiger partial charge is 0.164 e. The van der Waals surface area contributed by atoms with E-state index in [2.05, 4.69) is 109 Å². The summed E-state index contributed by atoms with van der Waals surface area (Å²) >= 11 is 0. The van der Waals surface area contributed by atoms with Gasteiger partial charge in [0.2, 0.25) is 0 Å². The van der Waals surface area contributed by atoms with Gasteiger partial charge in [0.1, 0.15) is 22.3 Å². The second-order valence-electron chi connectivity index (χ2n) is 13.9. The van der Waals surface area contributed by atoms with Crippen molar-refractivity contribution in [2.45, 2.75) is 0 Å². The van der Waals surface area contributed by atoms with Gasteiger partial charge in [0, 0.05) is 38.2 Å². The Hall–Kier alpha value is -7.63. The van der Waals surface area contributed by atoms with Crippen molar-refractivity contribution in [3.05, 3.63) is 188 Å². The van der Waals surface area contributed by atoms with E-state index in [4.69, 9.17) is 23.8 Å². The Morgan fingerprint density at radius 3 is 1.16 bits per heavy atom. The highest BCUT2D eigenvalue weighted by Gasteiger charge is 2.20. The molecule has 0 atom stereocenters. The van der Waals surface area contributed by atoms with E-state index in [0.29, 0.717) is 17.5 Å². The van der Waals surface area contributed by atoms with E-state index in [-0.39, 0.29) is 0 Å².